The van der Waals surface area contributed by atoms with Crippen molar-refractivity contribution in [3.63, 3.8) is 0 Å². The van der Waals surface area contributed by atoms with Crippen LogP contribution in [0, 0.1) is 27.4 Å². The Labute approximate surface area is 285 Å². The van der Waals surface area contributed by atoms with Gasteiger partial charge in [-0.25, -0.2) is 0 Å². The summed E-state index contributed by atoms with van der Waals surface area (Å²) in [6, 6.07) is 10.2. The smallest absolute Gasteiger partial charge is 0.242 e. The number of aliphatic hydroxyl groups is 1. The van der Waals surface area contributed by atoms with Gasteiger partial charge in [0, 0.05) is 10.5 Å². The van der Waals surface area contributed by atoms with E-state index < -0.39 is 28.6 Å². The summed E-state index contributed by atoms with van der Waals surface area (Å²) in [5.74, 6) is 2.40. The molecule has 0 aliphatic carbocycles. The molecule has 5 atom stereocenters. The van der Waals surface area contributed by atoms with Crippen LogP contribution in [-0.4, -0.2) is 62.3 Å². The van der Waals surface area contributed by atoms with Crippen LogP contribution in [0.25, 0.3) is 0 Å². The Morgan fingerprint density at radius 1 is 1.02 bits per heavy atom. The van der Waals surface area contributed by atoms with Crippen LogP contribution in [0.2, 0.25) is 0 Å². The van der Waals surface area contributed by atoms with E-state index in [2.05, 4.69) is 19.9 Å². The van der Waals surface area contributed by atoms with Crippen molar-refractivity contribution in [2.75, 3.05) is 34.0 Å². The lowest BCUT2D eigenvalue weighted by molar-refractivity contribution is -0.537. The minimum absolute atomic E-state index is 0.00990. The van der Waals surface area contributed by atoms with Gasteiger partial charge in [-0.15, -0.1) is 0 Å². The Balaban J connectivity index is 2.01. The molecule has 0 bridgehead atoms. The number of benzene rings is 2. The number of para-hydroxylation sites is 2. The lowest BCUT2D eigenvalue weighted by Crippen LogP contribution is -2.42. The molecule has 2 aromatic carbocycles. The Morgan fingerprint density at radius 2 is 1.67 bits per heavy atom. The molecule has 1 aliphatic heterocycles. The van der Waals surface area contributed by atoms with Crippen LogP contribution in [0.5, 0.6) is 34.5 Å². The van der Waals surface area contributed by atoms with Gasteiger partial charge in [-0.3, -0.25) is 10.1 Å². The number of unbranched alkanes of at least 4 members (excludes halogenated alkanes) is 4. The Bertz CT molecular complexity index is 1350. The maximum Gasteiger partial charge on any atom is 0.242 e. The maximum atomic E-state index is 12.3. The fraction of sp³-hybridized carbons (Fsp3) is 0.649. The first-order valence-electron chi connectivity index (χ1n) is 17.4. The molecule has 0 spiro atoms. The summed E-state index contributed by atoms with van der Waals surface area (Å²) < 4.78 is 36.1. The largest absolute Gasteiger partial charge is 0.490 e. The van der Waals surface area contributed by atoms with Gasteiger partial charge in [0.25, 0.3) is 0 Å². The van der Waals surface area contributed by atoms with Gasteiger partial charge in [0.05, 0.1) is 45.3 Å². The second-order valence-electron chi connectivity index (χ2n) is 12.5. The van der Waals surface area contributed by atoms with Crippen molar-refractivity contribution >= 4 is 0 Å². The van der Waals surface area contributed by atoms with E-state index in [0.717, 1.165) is 38.5 Å². The third-order valence-electron chi connectivity index (χ3n) is 9.32. The summed E-state index contributed by atoms with van der Waals surface area (Å²) in [7, 11) is 3.07. The van der Waals surface area contributed by atoms with Gasteiger partial charge < -0.3 is 33.5 Å². The van der Waals surface area contributed by atoms with Crippen LogP contribution in [-0.2, 0) is 5.41 Å². The van der Waals surface area contributed by atoms with Gasteiger partial charge in [-0.1, -0.05) is 71.9 Å². The molecule has 2 aromatic rings. The molecule has 0 aromatic heterocycles. The molecular formula is C37H54N2O9. The number of fused-ring (bicyclic) bond motifs is 1. The summed E-state index contributed by atoms with van der Waals surface area (Å²) in [5.41, 5.74) is -0.647. The number of aliphatic hydroxyl groups excluding tert-OH is 1. The molecule has 1 aliphatic rings. The maximum absolute atomic E-state index is 12.3. The number of ether oxygens (including phenoxy) is 6. The first-order chi connectivity index (χ1) is 23.2. The van der Waals surface area contributed by atoms with E-state index in [-0.39, 0.29) is 31.8 Å². The number of hydrogen-bond acceptors (Lipinski definition) is 10. The highest BCUT2D eigenvalue weighted by atomic mass is 16.6. The van der Waals surface area contributed by atoms with Crippen LogP contribution < -0.4 is 28.4 Å². The Kier molecular flexibility index (Phi) is 15.4. The average molecular weight is 671 g/mol. The minimum atomic E-state index is -1.35. The van der Waals surface area contributed by atoms with Gasteiger partial charge in [0.1, 0.15) is 18.8 Å². The van der Waals surface area contributed by atoms with Crippen molar-refractivity contribution in [2.24, 2.45) is 5.92 Å². The standard InChI is InChI=1S/C37H54N2O9/c1-7-10-14-20-45-33-23-28(34(46-21-15-11-8-2)36(44-6)35(33)43-5)37(25-38,26(4)9-3)19-18-30(40)29(39(41)42)22-27-24-47-31-16-12-13-17-32(31)48-27/h12-13,16-17,23,26-27,29-30,40H,7-11,14-15,18-22,24H2,1-6H3. The SMILES string of the molecule is CCCCCOc1cc(C(C#N)(CCC(O)C(CC2COc3ccccc3O2)[N+](=O)[O-])C(C)CC)c(OCCCCC)c(OC)c1OC. The van der Waals surface area contributed by atoms with Crippen LogP contribution in [0.3, 0.4) is 0 Å². The fourth-order valence-electron chi connectivity index (χ4n) is 6.24. The number of methoxy groups -OCH3 is 2. The molecule has 1 N–H and O–H groups in total. The molecular weight excluding hydrogens is 616 g/mol. The predicted molar refractivity (Wildman–Crippen MR) is 183 cm³/mol. The molecule has 3 rings (SSSR count). The van der Waals surface area contributed by atoms with E-state index in [0.29, 0.717) is 59.7 Å². The van der Waals surface area contributed by atoms with E-state index in [1.165, 1.54) is 14.2 Å². The van der Waals surface area contributed by atoms with Crippen LogP contribution in [0.1, 0.15) is 97.5 Å². The highest BCUT2D eigenvalue weighted by Crippen LogP contribution is 2.53. The van der Waals surface area contributed by atoms with Crippen LogP contribution in [0.15, 0.2) is 30.3 Å². The second-order valence-corrected chi connectivity index (χ2v) is 12.5. The van der Waals surface area contributed by atoms with Gasteiger partial charge in [-0.2, -0.15) is 5.26 Å². The molecule has 11 nitrogen and oxygen atoms in total. The van der Waals surface area contributed by atoms with Crippen LogP contribution in [0.4, 0.5) is 0 Å². The molecule has 0 saturated heterocycles. The monoisotopic (exact) mass is 670 g/mol. The first-order valence-corrected chi connectivity index (χ1v) is 17.4. The molecule has 5 unspecified atom stereocenters. The molecule has 1 heterocycles. The summed E-state index contributed by atoms with van der Waals surface area (Å²) in [6.07, 6.45) is 4.40. The zero-order valence-electron chi connectivity index (χ0n) is 29.5. The highest BCUT2D eigenvalue weighted by molar-refractivity contribution is 5.65. The number of nitrogens with zero attached hydrogens (tertiary/aromatic N) is 2. The number of nitro groups is 1. The van der Waals surface area contributed by atoms with E-state index in [1.54, 1.807) is 24.3 Å². The molecule has 0 saturated carbocycles. The lowest BCUT2D eigenvalue weighted by Gasteiger charge is -2.36. The molecule has 0 amide bonds. The van der Waals surface area contributed by atoms with E-state index in [4.69, 9.17) is 28.4 Å². The van der Waals surface area contributed by atoms with Gasteiger partial charge in [-0.05, 0) is 49.8 Å². The summed E-state index contributed by atoms with van der Waals surface area (Å²) >= 11 is 0. The minimum Gasteiger partial charge on any atom is -0.490 e. The van der Waals surface area contributed by atoms with E-state index >= 15 is 0 Å². The fourth-order valence-corrected chi connectivity index (χ4v) is 6.24. The summed E-state index contributed by atoms with van der Waals surface area (Å²) in [4.78, 5) is 11.8. The van der Waals surface area contributed by atoms with Crippen molar-refractivity contribution < 1.29 is 38.5 Å². The third kappa shape index (κ3) is 9.37. The Hall–Kier alpha value is -3.91. The summed E-state index contributed by atoms with van der Waals surface area (Å²) in [6.45, 7) is 9.19. The first kappa shape index (κ1) is 38.5. The third-order valence-corrected chi connectivity index (χ3v) is 9.32. The topological polar surface area (TPSA) is 143 Å². The zero-order valence-corrected chi connectivity index (χ0v) is 29.5. The van der Waals surface area contributed by atoms with Gasteiger partial charge >= 0.3 is 0 Å². The van der Waals surface area contributed by atoms with Crippen molar-refractivity contribution in [1.29, 1.82) is 5.26 Å². The van der Waals surface area contributed by atoms with Crippen molar-refractivity contribution in [3.05, 3.63) is 46.0 Å². The lowest BCUT2D eigenvalue weighted by atomic mass is 9.67. The molecule has 0 fully saturated rings. The number of rotatable bonds is 22. The van der Waals surface area contributed by atoms with Crippen molar-refractivity contribution in [1.82, 2.24) is 0 Å². The Morgan fingerprint density at radius 3 is 2.25 bits per heavy atom. The number of nitriles is 1. The van der Waals surface area contributed by atoms with Gasteiger partial charge in [0.15, 0.2) is 23.0 Å². The molecule has 266 valence electrons. The summed E-state index contributed by atoms with van der Waals surface area (Å²) in [5, 5.41) is 34.7. The number of hydrogen-bond donors (Lipinski definition) is 1. The zero-order chi connectivity index (χ0) is 35.1. The molecule has 11 heteroatoms. The molecule has 48 heavy (non-hydrogen) atoms. The second kappa shape index (κ2) is 19.2. The van der Waals surface area contributed by atoms with E-state index in [9.17, 15) is 20.5 Å². The normalized spacial score (nSPS) is 16.9. The van der Waals surface area contributed by atoms with Crippen molar-refractivity contribution in [3.8, 4) is 40.6 Å². The van der Waals surface area contributed by atoms with E-state index in [1.807, 2.05) is 19.9 Å². The van der Waals surface area contributed by atoms with Crippen molar-refractivity contribution in [2.45, 2.75) is 116 Å². The molecule has 0 radical (unpaired) electrons. The highest BCUT2D eigenvalue weighted by Gasteiger charge is 2.45. The predicted octanol–water partition coefficient (Wildman–Crippen LogP) is 7.67. The van der Waals surface area contributed by atoms with Gasteiger partial charge in [0.2, 0.25) is 17.5 Å². The quantitative estimate of drug-likeness (QED) is 0.0753. The van der Waals surface area contributed by atoms with Crippen LogP contribution >= 0.6 is 0 Å². The average Bonchev–Trinajstić information content (AvgIpc) is 3.10.